The summed E-state index contributed by atoms with van der Waals surface area (Å²) in [6, 6.07) is 5.97. The van der Waals surface area contributed by atoms with E-state index in [1.165, 1.54) is 0 Å². The maximum atomic E-state index is 5.90. The zero-order chi connectivity index (χ0) is 18.6. The molecule has 4 rings (SSSR count). The summed E-state index contributed by atoms with van der Waals surface area (Å²) in [5.41, 5.74) is 2.12. The Labute approximate surface area is 164 Å². The second kappa shape index (κ2) is 8.56. The van der Waals surface area contributed by atoms with Gasteiger partial charge in [-0.15, -0.1) is 11.3 Å². The first kappa shape index (κ1) is 18.7. The zero-order valence-corrected chi connectivity index (χ0v) is 16.8. The third kappa shape index (κ3) is 4.79. The van der Waals surface area contributed by atoms with Gasteiger partial charge in [0.2, 0.25) is 6.79 Å². The highest BCUT2D eigenvalue weighted by Crippen LogP contribution is 2.36. The third-order valence-electron chi connectivity index (χ3n) is 4.70. The van der Waals surface area contributed by atoms with E-state index in [2.05, 4.69) is 29.4 Å². The molecule has 0 aliphatic carbocycles. The Balaban J connectivity index is 1.27. The van der Waals surface area contributed by atoms with Crippen LogP contribution in [-0.2, 0) is 11.3 Å². The average Bonchev–Trinajstić information content (AvgIpc) is 3.30. The largest absolute Gasteiger partial charge is 0.454 e. The normalized spacial score (nSPS) is 19.7. The number of fused-ring (bicyclic) bond motifs is 1. The van der Waals surface area contributed by atoms with Crippen molar-refractivity contribution in [3.05, 3.63) is 29.3 Å². The van der Waals surface area contributed by atoms with Gasteiger partial charge in [0.1, 0.15) is 5.01 Å². The van der Waals surface area contributed by atoms with Gasteiger partial charge in [-0.1, -0.05) is 13.8 Å². The van der Waals surface area contributed by atoms with E-state index < -0.39 is 0 Å². The first-order valence-corrected chi connectivity index (χ1v) is 10.4. The van der Waals surface area contributed by atoms with Gasteiger partial charge in [0.25, 0.3) is 0 Å². The smallest absolute Gasteiger partial charge is 0.231 e. The molecule has 1 atom stereocenters. The molecule has 6 nitrogen and oxygen atoms in total. The lowest BCUT2D eigenvalue weighted by Gasteiger charge is -2.34. The van der Waals surface area contributed by atoms with Crippen LogP contribution in [-0.4, -0.2) is 55.6 Å². The van der Waals surface area contributed by atoms with Crippen molar-refractivity contribution in [2.75, 3.05) is 39.6 Å². The van der Waals surface area contributed by atoms with E-state index in [0.717, 1.165) is 67.1 Å². The lowest BCUT2D eigenvalue weighted by molar-refractivity contribution is -0.0303. The molecule has 2 aliphatic heterocycles. The van der Waals surface area contributed by atoms with Gasteiger partial charge in [-0.05, 0) is 24.1 Å². The minimum atomic E-state index is 0.254. The molecule has 2 aromatic rings. The van der Waals surface area contributed by atoms with E-state index in [4.69, 9.17) is 19.2 Å². The van der Waals surface area contributed by atoms with E-state index in [0.29, 0.717) is 12.7 Å². The number of aromatic nitrogens is 1. The Kier molecular flexibility index (Phi) is 5.92. The van der Waals surface area contributed by atoms with E-state index in [9.17, 15) is 0 Å². The van der Waals surface area contributed by atoms with Crippen molar-refractivity contribution >= 4 is 11.3 Å². The van der Waals surface area contributed by atoms with Crippen LogP contribution in [0.3, 0.4) is 0 Å². The summed E-state index contributed by atoms with van der Waals surface area (Å²) in [7, 11) is 0. The van der Waals surface area contributed by atoms with Gasteiger partial charge in [-0.2, -0.15) is 0 Å². The number of hydrogen-bond donors (Lipinski definition) is 1. The highest BCUT2D eigenvalue weighted by atomic mass is 32.1. The molecule has 1 saturated heterocycles. The Morgan fingerprint density at radius 1 is 1.30 bits per heavy atom. The van der Waals surface area contributed by atoms with Crippen LogP contribution in [0.2, 0.25) is 0 Å². The van der Waals surface area contributed by atoms with Gasteiger partial charge in [-0.3, -0.25) is 4.90 Å². The summed E-state index contributed by atoms with van der Waals surface area (Å²) in [5.74, 6) is 2.29. The summed E-state index contributed by atoms with van der Waals surface area (Å²) in [6.07, 6.45) is 0.254. The molecule has 0 saturated carbocycles. The second-order valence-corrected chi connectivity index (χ2v) is 8.35. The number of morpholine rings is 1. The van der Waals surface area contributed by atoms with Crippen molar-refractivity contribution in [2.45, 2.75) is 26.5 Å². The first-order chi connectivity index (χ1) is 13.2. The molecule has 146 valence electrons. The molecule has 3 heterocycles. The summed E-state index contributed by atoms with van der Waals surface area (Å²) in [6.45, 7) is 10.4. The second-order valence-electron chi connectivity index (χ2n) is 7.49. The van der Waals surface area contributed by atoms with Crippen LogP contribution in [0.4, 0.5) is 0 Å². The Morgan fingerprint density at radius 3 is 3.07 bits per heavy atom. The Morgan fingerprint density at radius 2 is 2.19 bits per heavy atom. The lowest BCUT2D eigenvalue weighted by Crippen LogP contribution is -2.47. The van der Waals surface area contributed by atoms with Crippen LogP contribution in [0, 0.1) is 5.92 Å². The molecule has 1 aromatic carbocycles. The van der Waals surface area contributed by atoms with Gasteiger partial charge >= 0.3 is 0 Å². The molecule has 27 heavy (non-hydrogen) atoms. The molecule has 0 spiro atoms. The summed E-state index contributed by atoms with van der Waals surface area (Å²) < 4.78 is 16.7. The fourth-order valence-electron chi connectivity index (χ4n) is 3.50. The minimum absolute atomic E-state index is 0.254. The van der Waals surface area contributed by atoms with Gasteiger partial charge in [0.15, 0.2) is 11.5 Å². The highest BCUT2D eigenvalue weighted by Gasteiger charge is 2.20. The SMILES string of the molecule is CC(C)CN1CCOC(CNCc2csc(-c3ccc4c(c3)OCO4)n2)C1. The van der Waals surface area contributed by atoms with Crippen LogP contribution in [0.1, 0.15) is 19.5 Å². The molecule has 0 bridgehead atoms. The van der Waals surface area contributed by atoms with Gasteiger partial charge in [0.05, 0.1) is 18.4 Å². The first-order valence-electron chi connectivity index (χ1n) is 9.56. The minimum Gasteiger partial charge on any atom is -0.454 e. The van der Waals surface area contributed by atoms with Gasteiger partial charge < -0.3 is 19.5 Å². The van der Waals surface area contributed by atoms with Gasteiger partial charge in [-0.25, -0.2) is 4.98 Å². The summed E-state index contributed by atoms with van der Waals surface area (Å²) >= 11 is 1.65. The molecule has 1 aromatic heterocycles. The van der Waals surface area contributed by atoms with Crippen LogP contribution < -0.4 is 14.8 Å². The summed E-state index contributed by atoms with van der Waals surface area (Å²) in [4.78, 5) is 7.25. The van der Waals surface area contributed by atoms with Crippen molar-refractivity contribution < 1.29 is 14.2 Å². The van der Waals surface area contributed by atoms with E-state index >= 15 is 0 Å². The number of rotatable bonds is 7. The van der Waals surface area contributed by atoms with E-state index in [1.54, 1.807) is 11.3 Å². The number of benzene rings is 1. The molecule has 2 aliphatic rings. The Hall–Kier alpha value is -1.67. The zero-order valence-electron chi connectivity index (χ0n) is 15.9. The molecule has 1 unspecified atom stereocenters. The number of ether oxygens (including phenoxy) is 3. The lowest BCUT2D eigenvalue weighted by atomic mass is 10.2. The predicted octanol–water partition coefficient (Wildman–Crippen LogP) is 2.99. The number of nitrogens with zero attached hydrogens (tertiary/aromatic N) is 2. The maximum absolute atomic E-state index is 5.90. The third-order valence-corrected chi connectivity index (χ3v) is 5.64. The topological polar surface area (TPSA) is 55.9 Å². The standard InChI is InChI=1S/C20H27N3O3S/c1-14(2)10-23-5-6-24-17(11-23)9-21-8-16-12-27-20(22-16)15-3-4-18-19(7-15)26-13-25-18/h3-4,7,12,14,17,21H,5-6,8-11,13H2,1-2H3. The fourth-order valence-corrected chi connectivity index (χ4v) is 4.31. The van der Waals surface area contributed by atoms with E-state index in [-0.39, 0.29) is 6.10 Å². The van der Waals surface area contributed by atoms with Crippen molar-refractivity contribution in [1.82, 2.24) is 15.2 Å². The Bertz CT molecular complexity index is 765. The molecule has 1 N–H and O–H groups in total. The number of nitrogens with one attached hydrogen (secondary N) is 1. The number of hydrogen-bond acceptors (Lipinski definition) is 7. The molecular formula is C20H27N3O3S. The van der Waals surface area contributed by atoms with Crippen LogP contribution >= 0.6 is 11.3 Å². The van der Waals surface area contributed by atoms with Crippen molar-refractivity contribution in [3.8, 4) is 22.1 Å². The highest BCUT2D eigenvalue weighted by molar-refractivity contribution is 7.13. The molecule has 0 amide bonds. The fraction of sp³-hybridized carbons (Fsp3) is 0.550. The molecule has 7 heteroatoms. The van der Waals surface area contributed by atoms with Crippen LogP contribution in [0.15, 0.2) is 23.6 Å². The maximum Gasteiger partial charge on any atom is 0.231 e. The van der Waals surface area contributed by atoms with Crippen molar-refractivity contribution in [1.29, 1.82) is 0 Å². The van der Waals surface area contributed by atoms with Crippen molar-refractivity contribution in [2.24, 2.45) is 5.92 Å². The molecule has 0 radical (unpaired) electrons. The molecule has 1 fully saturated rings. The van der Waals surface area contributed by atoms with Crippen LogP contribution in [0.5, 0.6) is 11.5 Å². The van der Waals surface area contributed by atoms with E-state index in [1.807, 2.05) is 18.2 Å². The average molecular weight is 390 g/mol. The number of thiazole rings is 1. The van der Waals surface area contributed by atoms with Crippen LogP contribution in [0.25, 0.3) is 10.6 Å². The predicted molar refractivity (Wildman–Crippen MR) is 106 cm³/mol. The van der Waals surface area contributed by atoms with Crippen molar-refractivity contribution in [3.63, 3.8) is 0 Å². The quantitative estimate of drug-likeness (QED) is 0.786. The summed E-state index contributed by atoms with van der Waals surface area (Å²) in [5, 5.41) is 6.61. The van der Waals surface area contributed by atoms with Gasteiger partial charge in [0, 0.05) is 43.7 Å². The molecular weight excluding hydrogens is 362 g/mol. The monoisotopic (exact) mass is 389 g/mol.